The highest BCUT2D eigenvalue weighted by Crippen LogP contribution is 2.23. The van der Waals surface area contributed by atoms with Crippen LogP contribution in [-0.2, 0) is 4.74 Å². The third-order valence-corrected chi connectivity index (χ3v) is 5.25. The van der Waals surface area contributed by atoms with Gasteiger partial charge in [0, 0.05) is 19.9 Å². The largest absolute Gasteiger partial charge is 0.373 e. The van der Waals surface area contributed by atoms with Gasteiger partial charge in [-0.15, -0.1) is 0 Å². The van der Waals surface area contributed by atoms with Crippen LogP contribution in [0.5, 0.6) is 0 Å². The third-order valence-electron chi connectivity index (χ3n) is 3.10. The monoisotopic (exact) mass is 501 g/mol. The number of hydrogen-bond acceptors (Lipinski definition) is 2. The highest BCUT2D eigenvalue weighted by Gasteiger charge is 2.30. The predicted octanol–water partition coefficient (Wildman–Crippen LogP) is 3.68. The first-order valence-electron chi connectivity index (χ1n) is 5.96. The predicted molar refractivity (Wildman–Crippen MR) is 90.9 cm³/mol. The zero-order valence-electron chi connectivity index (χ0n) is 10.4. The Morgan fingerprint density at radius 1 is 1.58 bits per heavy atom. The van der Waals surface area contributed by atoms with Gasteiger partial charge in [0.1, 0.15) is 0 Å². The van der Waals surface area contributed by atoms with E-state index in [-0.39, 0.29) is 18.1 Å². The summed E-state index contributed by atoms with van der Waals surface area (Å²) in [5, 5.41) is 0.749. The Labute approximate surface area is 143 Å². The first-order valence-corrected chi connectivity index (χ1v) is 8.96. The fourth-order valence-corrected chi connectivity index (χ4v) is 3.33. The molecule has 2 rings (SSSR count). The number of carbonyl (C=O) groups is 1. The molecule has 0 bridgehead atoms. The summed E-state index contributed by atoms with van der Waals surface area (Å²) in [4.78, 5) is 14.6. The first kappa shape index (κ1) is 15.7. The van der Waals surface area contributed by atoms with Gasteiger partial charge in [-0.3, -0.25) is 4.79 Å². The van der Waals surface area contributed by atoms with Crippen LogP contribution >= 0.6 is 54.5 Å². The van der Waals surface area contributed by atoms with Crippen molar-refractivity contribution in [2.24, 2.45) is 0 Å². The Balaban J connectivity index is 2.24. The molecule has 1 fully saturated rings. The van der Waals surface area contributed by atoms with Gasteiger partial charge in [-0.25, -0.2) is 0 Å². The zero-order chi connectivity index (χ0) is 14.0. The van der Waals surface area contributed by atoms with E-state index in [4.69, 9.17) is 4.74 Å². The maximum absolute atomic E-state index is 12.7. The van der Waals surface area contributed by atoms with Gasteiger partial charge in [-0.05, 0) is 47.7 Å². The van der Waals surface area contributed by atoms with E-state index in [0.717, 1.165) is 18.9 Å². The molecule has 1 aliphatic heterocycles. The summed E-state index contributed by atoms with van der Waals surface area (Å²) in [7, 11) is 0. The van der Waals surface area contributed by atoms with Crippen LogP contribution in [0.1, 0.15) is 17.3 Å². The minimum absolute atomic E-state index is 0.0740. The van der Waals surface area contributed by atoms with Crippen LogP contribution in [0.15, 0.2) is 22.7 Å². The van der Waals surface area contributed by atoms with Crippen molar-refractivity contribution in [1.29, 1.82) is 0 Å². The molecule has 6 heteroatoms. The number of alkyl halides is 1. The minimum atomic E-state index is 0.0740. The number of hydrogen-bond donors (Lipinski definition) is 0. The van der Waals surface area contributed by atoms with E-state index in [1.807, 2.05) is 30.0 Å². The van der Waals surface area contributed by atoms with Crippen molar-refractivity contribution in [3.8, 4) is 0 Å². The van der Waals surface area contributed by atoms with Gasteiger partial charge in [0.05, 0.1) is 24.3 Å². The molecule has 1 heterocycles. The lowest BCUT2D eigenvalue weighted by Gasteiger charge is -2.37. The molecule has 104 valence electrons. The Kier molecular flexibility index (Phi) is 5.68. The van der Waals surface area contributed by atoms with Crippen molar-refractivity contribution >= 4 is 60.4 Å². The molecule has 1 amide bonds. The summed E-state index contributed by atoms with van der Waals surface area (Å²) in [5.74, 6) is 0.0763. The average Bonchev–Trinajstić information content (AvgIpc) is 2.41. The molecule has 0 aliphatic carbocycles. The van der Waals surface area contributed by atoms with Crippen molar-refractivity contribution in [3.63, 3.8) is 0 Å². The summed E-state index contributed by atoms with van der Waals surface area (Å²) < 4.78 is 7.56. The first-order chi connectivity index (χ1) is 9.02. The highest BCUT2D eigenvalue weighted by molar-refractivity contribution is 14.1. The Morgan fingerprint density at radius 2 is 2.32 bits per heavy atom. The molecule has 0 saturated carbocycles. The summed E-state index contributed by atoms with van der Waals surface area (Å²) in [6.07, 6.45) is 0.0740. The van der Waals surface area contributed by atoms with Gasteiger partial charge in [0.2, 0.25) is 0 Å². The molecule has 1 aromatic rings. The standard InChI is InChI=1S/C13H14Br2INO2/c1-8-7-19-10(5-14)6-17(8)13(18)11-4-9(15)2-3-12(11)16/h2-4,8,10H,5-7H2,1H3. The number of carbonyl (C=O) groups excluding carboxylic acids is 1. The quantitative estimate of drug-likeness (QED) is 0.456. The van der Waals surface area contributed by atoms with Crippen LogP contribution in [0.2, 0.25) is 0 Å². The molecule has 0 radical (unpaired) electrons. The van der Waals surface area contributed by atoms with Crippen molar-refractivity contribution < 1.29 is 9.53 Å². The number of rotatable bonds is 2. The molecular weight excluding hydrogens is 489 g/mol. The van der Waals surface area contributed by atoms with E-state index in [2.05, 4.69) is 54.5 Å². The van der Waals surface area contributed by atoms with Crippen LogP contribution in [0, 0.1) is 3.57 Å². The molecule has 0 spiro atoms. The molecule has 0 aromatic heterocycles. The molecular formula is C13H14Br2INO2. The van der Waals surface area contributed by atoms with Crippen molar-refractivity contribution in [1.82, 2.24) is 4.90 Å². The molecule has 2 atom stereocenters. The zero-order valence-corrected chi connectivity index (χ0v) is 15.7. The summed E-state index contributed by atoms with van der Waals surface area (Å²) in [5.41, 5.74) is 0.747. The van der Waals surface area contributed by atoms with Gasteiger partial charge in [-0.2, -0.15) is 0 Å². The topological polar surface area (TPSA) is 29.5 Å². The molecule has 3 nitrogen and oxygen atoms in total. The molecule has 1 saturated heterocycles. The van der Waals surface area contributed by atoms with E-state index >= 15 is 0 Å². The summed E-state index contributed by atoms with van der Waals surface area (Å²) in [6, 6.07) is 5.89. The van der Waals surface area contributed by atoms with E-state index in [9.17, 15) is 4.79 Å². The lowest BCUT2D eigenvalue weighted by molar-refractivity contribution is -0.0361. The van der Waals surface area contributed by atoms with Crippen molar-refractivity contribution in [3.05, 3.63) is 31.8 Å². The van der Waals surface area contributed by atoms with Crippen LogP contribution in [-0.4, -0.2) is 41.4 Å². The molecule has 1 aliphatic rings. The smallest absolute Gasteiger partial charge is 0.255 e. The van der Waals surface area contributed by atoms with E-state index in [0.29, 0.717) is 13.2 Å². The van der Waals surface area contributed by atoms with Gasteiger partial charge in [0.15, 0.2) is 0 Å². The van der Waals surface area contributed by atoms with E-state index < -0.39 is 0 Å². The Bertz CT molecular complexity index is 484. The second-order valence-electron chi connectivity index (χ2n) is 4.54. The van der Waals surface area contributed by atoms with Gasteiger partial charge in [0.25, 0.3) is 5.91 Å². The normalized spacial score (nSPS) is 23.5. The Morgan fingerprint density at radius 3 is 3.00 bits per heavy atom. The van der Waals surface area contributed by atoms with Crippen LogP contribution < -0.4 is 0 Å². The number of morpholine rings is 1. The summed E-state index contributed by atoms with van der Waals surface area (Å²) >= 11 is 9.04. The van der Waals surface area contributed by atoms with Crippen LogP contribution in [0.25, 0.3) is 0 Å². The van der Waals surface area contributed by atoms with E-state index in [1.165, 1.54) is 0 Å². The maximum atomic E-state index is 12.7. The number of amides is 1. The Hall–Kier alpha value is 0.340. The lowest BCUT2D eigenvalue weighted by atomic mass is 10.1. The number of halogens is 3. The lowest BCUT2D eigenvalue weighted by Crippen LogP contribution is -2.51. The third kappa shape index (κ3) is 3.71. The fraction of sp³-hybridized carbons (Fsp3) is 0.462. The highest BCUT2D eigenvalue weighted by atomic mass is 127. The number of nitrogens with zero attached hydrogens (tertiary/aromatic N) is 1. The molecule has 1 aromatic carbocycles. The van der Waals surface area contributed by atoms with Gasteiger partial charge >= 0.3 is 0 Å². The second-order valence-corrected chi connectivity index (χ2v) is 7.27. The fourth-order valence-electron chi connectivity index (χ4n) is 2.01. The van der Waals surface area contributed by atoms with Crippen LogP contribution in [0.3, 0.4) is 0 Å². The number of ether oxygens (including phenoxy) is 1. The SMILES string of the molecule is CC1COC(CBr)CN1C(=O)c1cc(Br)ccc1I. The maximum Gasteiger partial charge on any atom is 0.255 e. The second kappa shape index (κ2) is 6.87. The van der Waals surface area contributed by atoms with Crippen molar-refractivity contribution in [2.75, 3.05) is 18.5 Å². The molecule has 0 N–H and O–H groups in total. The van der Waals surface area contributed by atoms with Crippen LogP contribution in [0.4, 0.5) is 0 Å². The number of benzene rings is 1. The van der Waals surface area contributed by atoms with Crippen molar-refractivity contribution in [2.45, 2.75) is 19.1 Å². The van der Waals surface area contributed by atoms with Gasteiger partial charge < -0.3 is 9.64 Å². The average molecular weight is 503 g/mol. The summed E-state index contributed by atoms with van der Waals surface area (Å²) in [6.45, 7) is 3.24. The minimum Gasteiger partial charge on any atom is -0.373 e. The van der Waals surface area contributed by atoms with Gasteiger partial charge in [-0.1, -0.05) is 31.9 Å². The molecule has 19 heavy (non-hydrogen) atoms. The van der Waals surface area contributed by atoms with E-state index in [1.54, 1.807) is 0 Å². The molecule has 2 unspecified atom stereocenters.